The molecule has 1 heterocycles. The highest BCUT2D eigenvalue weighted by atomic mass is 33.1. The van der Waals surface area contributed by atoms with E-state index in [9.17, 15) is 0 Å². The fourth-order valence-corrected chi connectivity index (χ4v) is 6.12. The Bertz CT molecular complexity index is 347. The van der Waals surface area contributed by atoms with Crippen molar-refractivity contribution in [3.63, 3.8) is 0 Å². The Morgan fingerprint density at radius 2 is 0.871 bits per heavy atom. The molecule has 0 unspecified atom stereocenters. The minimum Gasteiger partial charge on any atom is -0.147 e. The van der Waals surface area contributed by atoms with Gasteiger partial charge in [-0.3, -0.25) is 0 Å². The molecule has 5 heteroatoms. The Balaban J connectivity index is 0.00000156. The summed E-state index contributed by atoms with van der Waals surface area (Å²) in [4.78, 5) is 0. The maximum absolute atomic E-state index is 3.51. The van der Waals surface area contributed by atoms with E-state index in [-0.39, 0.29) is 0 Å². The molecule has 0 saturated heterocycles. The van der Waals surface area contributed by atoms with Gasteiger partial charge in [-0.2, -0.15) is 0 Å². The van der Waals surface area contributed by atoms with Crippen LogP contribution in [0, 0.1) is 0 Å². The third kappa shape index (κ3) is 30.3. The van der Waals surface area contributed by atoms with Gasteiger partial charge in [0, 0.05) is 16.9 Å². The highest BCUT2D eigenvalue weighted by molar-refractivity contribution is 8.76. The van der Waals surface area contributed by atoms with Crippen LogP contribution < -0.4 is 0 Å². The average molecular weight is 489 g/mol. The van der Waals surface area contributed by atoms with Crippen molar-refractivity contribution in [1.29, 1.82) is 0 Å². The minimum atomic E-state index is 1.35. The van der Waals surface area contributed by atoms with Crippen LogP contribution in [0.25, 0.3) is 0 Å². The molecule has 0 N–H and O–H groups in total. The monoisotopic (exact) mass is 488 g/mol. The quantitative estimate of drug-likeness (QED) is 0.113. The molecule has 0 aliphatic heterocycles. The second kappa shape index (κ2) is 30.3. The van der Waals surface area contributed by atoms with Gasteiger partial charge in [-0.05, 0) is 24.4 Å². The molecule has 0 radical (unpaired) electrons. The van der Waals surface area contributed by atoms with E-state index in [0.717, 1.165) is 0 Å². The van der Waals surface area contributed by atoms with Crippen LogP contribution in [0.4, 0.5) is 0 Å². The topological polar surface area (TPSA) is 25.8 Å². The third-order valence-electron chi connectivity index (χ3n) is 5.53. The van der Waals surface area contributed by atoms with Crippen LogP contribution in [-0.4, -0.2) is 21.1 Å². The standard InChI is InChI=1S/C24H50S2.C2H2N2S/c1-3-5-7-9-11-13-15-17-19-21-23-25-26-24-22-20-18-16-14-12-10-8-6-4-2;1-2-5-4-3-1/h3-24H2,1-2H3;1-2H. The fraction of sp³-hybridized carbons (Fsp3) is 0.923. The zero-order valence-electron chi connectivity index (χ0n) is 20.8. The molecule has 1 aromatic heterocycles. The molecule has 0 aliphatic carbocycles. The van der Waals surface area contributed by atoms with Gasteiger partial charge in [0.05, 0.1) is 6.20 Å². The van der Waals surface area contributed by atoms with Crippen molar-refractivity contribution in [3.8, 4) is 0 Å². The highest BCUT2D eigenvalue weighted by Crippen LogP contribution is 2.25. The summed E-state index contributed by atoms with van der Waals surface area (Å²) in [7, 11) is 4.25. The van der Waals surface area contributed by atoms with E-state index in [1.54, 1.807) is 6.20 Å². The Labute approximate surface area is 207 Å². The predicted molar refractivity (Wildman–Crippen MR) is 149 cm³/mol. The third-order valence-corrected chi connectivity index (χ3v) is 8.54. The molecule has 0 amide bonds. The Morgan fingerprint density at radius 3 is 1.13 bits per heavy atom. The van der Waals surface area contributed by atoms with E-state index in [1.807, 2.05) is 5.38 Å². The summed E-state index contributed by atoms with van der Waals surface area (Å²) in [6, 6.07) is 0. The van der Waals surface area contributed by atoms with E-state index >= 15 is 0 Å². The van der Waals surface area contributed by atoms with Gasteiger partial charge in [0.1, 0.15) is 0 Å². The number of unbranched alkanes of at least 4 members (excludes halogenated alkanes) is 18. The molecule has 0 aromatic carbocycles. The molecule has 0 atom stereocenters. The van der Waals surface area contributed by atoms with E-state index in [2.05, 4.69) is 45.0 Å². The van der Waals surface area contributed by atoms with Crippen LogP contribution in [0.3, 0.4) is 0 Å². The van der Waals surface area contributed by atoms with E-state index in [1.165, 1.54) is 151 Å². The minimum absolute atomic E-state index is 1.35. The van der Waals surface area contributed by atoms with Crippen LogP contribution >= 0.6 is 33.1 Å². The summed E-state index contributed by atoms with van der Waals surface area (Å²) in [6.07, 6.45) is 30.7. The van der Waals surface area contributed by atoms with Crippen molar-refractivity contribution >= 4 is 33.1 Å². The lowest BCUT2D eigenvalue weighted by atomic mass is 10.1. The molecular weight excluding hydrogens is 437 g/mol. The molecule has 0 aliphatic rings. The van der Waals surface area contributed by atoms with E-state index in [4.69, 9.17) is 0 Å². The van der Waals surface area contributed by atoms with Gasteiger partial charge in [-0.15, -0.1) is 5.10 Å². The zero-order chi connectivity index (χ0) is 22.5. The van der Waals surface area contributed by atoms with Gasteiger partial charge < -0.3 is 0 Å². The first-order chi connectivity index (χ1) is 15.4. The van der Waals surface area contributed by atoms with Crippen molar-refractivity contribution in [2.45, 2.75) is 142 Å². The zero-order valence-corrected chi connectivity index (χ0v) is 23.3. The summed E-state index contributed by atoms with van der Waals surface area (Å²) >= 11 is 1.35. The van der Waals surface area contributed by atoms with Crippen LogP contribution in [0.2, 0.25) is 0 Å². The molecule has 31 heavy (non-hydrogen) atoms. The van der Waals surface area contributed by atoms with Gasteiger partial charge in [-0.1, -0.05) is 155 Å². The number of aromatic nitrogens is 2. The Morgan fingerprint density at radius 1 is 0.516 bits per heavy atom. The summed E-state index contributed by atoms with van der Waals surface area (Å²) in [5.74, 6) is 2.75. The number of rotatable bonds is 23. The number of hydrogen-bond acceptors (Lipinski definition) is 5. The lowest BCUT2D eigenvalue weighted by Gasteiger charge is -2.04. The summed E-state index contributed by atoms with van der Waals surface area (Å²) in [6.45, 7) is 4.60. The van der Waals surface area contributed by atoms with E-state index < -0.39 is 0 Å². The molecular formula is C26H52N2S3. The fourth-order valence-electron chi connectivity index (χ4n) is 3.55. The first-order valence-electron chi connectivity index (χ1n) is 13.4. The van der Waals surface area contributed by atoms with Gasteiger partial charge in [0.2, 0.25) is 0 Å². The van der Waals surface area contributed by atoms with Crippen LogP contribution in [0.1, 0.15) is 142 Å². The summed E-state index contributed by atoms with van der Waals surface area (Å²) in [5.41, 5.74) is 0. The average Bonchev–Trinajstić information content (AvgIpc) is 3.38. The normalized spacial score (nSPS) is 10.8. The summed E-state index contributed by atoms with van der Waals surface area (Å²) in [5, 5.41) is 5.31. The molecule has 0 fully saturated rings. The van der Waals surface area contributed by atoms with Crippen LogP contribution in [-0.2, 0) is 0 Å². The van der Waals surface area contributed by atoms with Crippen LogP contribution in [0.15, 0.2) is 11.6 Å². The molecule has 1 rings (SSSR count). The first-order valence-corrected chi connectivity index (χ1v) is 16.7. The number of hydrogen-bond donors (Lipinski definition) is 0. The highest BCUT2D eigenvalue weighted by Gasteiger charge is 1.96. The first kappa shape index (κ1) is 31.3. The van der Waals surface area contributed by atoms with Crippen molar-refractivity contribution < 1.29 is 0 Å². The van der Waals surface area contributed by atoms with Gasteiger partial charge in [-0.25, -0.2) is 0 Å². The lowest BCUT2D eigenvalue weighted by Crippen LogP contribution is -1.84. The SMILES string of the molecule is CCCCCCCCCCCCSSCCCCCCCCCCCC.c1csnn1. The van der Waals surface area contributed by atoms with Crippen LogP contribution in [0.5, 0.6) is 0 Å². The number of nitrogens with zero attached hydrogens (tertiary/aromatic N) is 2. The van der Waals surface area contributed by atoms with Crippen molar-refractivity contribution in [1.82, 2.24) is 9.59 Å². The molecule has 0 bridgehead atoms. The second-order valence-electron chi connectivity index (χ2n) is 8.60. The Kier molecular flexibility index (Phi) is 30.5. The van der Waals surface area contributed by atoms with Crippen molar-refractivity contribution in [2.75, 3.05) is 11.5 Å². The van der Waals surface area contributed by atoms with Gasteiger partial charge in [0.15, 0.2) is 0 Å². The maximum atomic E-state index is 3.51. The molecule has 0 spiro atoms. The predicted octanol–water partition coefficient (Wildman–Crippen LogP) is 10.7. The molecule has 0 saturated carbocycles. The van der Waals surface area contributed by atoms with Gasteiger partial charge in [0.25, 0.3) is 0 Å². The second-order valence-corrected chi connectivity index (χ2v) is 11.9. The Hall–Kier alpha value is 0.260. The van der Waals surface area contributed by atoms with Gasteiger partial charge >= 0.3 is 0 Å². The molecule has 2 nitrogen and oxygen atoms in total. The van der Waals surface area contributed by atoms with Crippen molar-refractivity contribution in [2.24, 2.45) is 0 Å². The summed E-state index contributed by atoms with van der Waals surface area (Å²) < 4.78 is 3.51. The lowest BCUT2D eigenvalue weighted by molar-refractivity contribution is 0.563. The van der Waals surface area contributed by atoms with Crippen molar-refractivity contribution in [3.05, 3.63) is 11.6 Å². The molecule has 184 valence electrons. The van der Waals surface area contributed by atoms with E-state index in [0.29, 0.717) is 0 Å². The largest absolute Gasteiger partial charge is 0.147 e. The maximum Gasteiger partial charge on any atom is 0.0620 e. The smallest absolute Gasteiger partial charge is 0.0620 e. The molecule has 1 aromatic rings.